The number of hydrogen-bond acceptors (Lipinski definition) is 2. The molecule has 0 saturated heterocycles. The number of aromatic nitrogens is 2. The molecule has 0 unspecified atom stereocenters. The smallest absolute Gasteiger partial charge is 0.266 e. The zero-order valence-electron chi connectivity index (χ0n) is 10.7. The van der Waals surface area contributed by atoms with Gasteiger partial charge in [0.1, 0.15) is 0 Å². The van der Waals surface area contributed by atoms with Crippen molar-refractivity contribution in [3.63, 3.8) is 0 Å². The third-order valence-corrected chi connectivity index (χ3v) is 3.64. The number of aromatic amines is 1. The first-order valence-electron chi connectivity index (χ1n) is 6.08. The molecule has 0 aliphatic carbocycles. The molecule has 0 atom stereocenters. The van der Waals surface area contributed by atoms with E-state index in [1.165, 1.54) is 4.57 Å². The molecule has 1 N–H and O–H groups in total. The summed E-state index contributed by atoms with van der Waals surface area (Å²) in [5, 5.41) is 1.04. The third-order valence-electron chi connectivity index (χ3n) is 3.12. The van der Waals surface area contributed by atoms with E-state index in [1.54, 1.807) is 18.2 Å². The number of halogens is 1. The van der Waals surface area contributed by atoms with Crippen LogP contribution in [0.25, 0.3) is 16.6 Å². The molecular weight excluding hydrogens is 292 g/mol. The van der Waals surface area contributed by atoms with Gasteiger partial charge in [-0.15, -0.1) is 0 Å². The zero-order valence-corrected chi connectivity index (χ0v) is 12.3. The molecule has 0 fully saturated rings. The number of fused-ring (bicyclic) bond motifs is 1. The molecule has 3 aromatic rings. The topological polar surface area (TPSA) is 37.8 Å². The lowest BCUT2D eigenvalue weighted by atomic mass is 10.2. The lowest BCUT2D eigenvalue weighted by molar-refractivity contribution is 0.938. The largest absolute Gasteiger partial charge is 0.331 e. The SMILES string of the molecule is Cc1cccc(-n2c(=S)[nH]c3ccc(Cl)cc3c2=O)c1. The molecule has 0 aliphatic rings. The van der Waals surface area contributed by atoms with Gasteiger partial charge in [0, 0.05) is 5.02 Å². The number of nitrogens with zero attached hydrogens (tertiary/aromatic N) is 1. The van der Waals surface area contributed by atoms with E-state index in [9.17, 15) is 4.79 Å². The first-order valence-corrected chi connectivity index (χ1v) is 6.86. The molecule has 0 bridgehead atoms. The van der Waals surface area contributed by atoms with Gasteiger partial charge in [0.15, 0.2) is 4.77 Å². The van der Waals surface area contributed by atoms with Crippen molar-refractivity contribution in [3.05, 3.63) is 68.2 Å². The highest BCUT2D eigenvalue weighted by atomic mass is 35.5. The summed E-state index contributed by atoms with van der Waals surface area (Å²) in [5.74, 6) is 0. The van der Waals surface area contributed by atoms with Crippen molar-refractivity contribution in [1.29, 1.82) is 0 Å². The molecule has 0 aliphatic heterocycles. The summed E-state index contributed by atoms with van der Waals surface area (Å²) < 4.78 is 1.86. The van der Waals surface area contributed by atoms with Gasteiger partial charge in [-0.3, -0.25) is 9.36 Å². The lowest BCUT2D eigenvalue weighted by Crippen LogP contribution is -2.20. The van der Waals surface area contributed by atoms with Crippen molar-refractivity contribution < 1.29 is 0 Å². The summed E-state index contributed by atoms with van der Waals surface area (Å²) in [4.78, 5) is 15.7. The third kappa shape index (κ3) is 2.17. The summed E-state index contributed by atoms with van der Waals surface area (Å²) in [6.45, 7) is 1.97. The highest BCUT2D eigenvalue weighted by Gasteiger charge is 2.08. The van der Waals surface area contributed by atoms with E-state index in [2.05, 4.69) is 4.98 Å². The number of hydrogen-bond donors (Lipinski definition) is 1. The average molecular weight is 303 g/mol. The Morgan fingerprint density at radius 2 is 2.00 bits per heavy atom. The van der Waals surface area contributed by atoms with Crippen LogP contribution in [0.15, 0.2) is 47.3 Å². The number of rotatable bonds is 1. The van der Waals surface area contributed by atoms with Crippen molar-refractivity contribution in [2.24, 2.45) is 0 Å². The Bertz CT molecular complexity index is 927. The van der Waals surface area contributed by atoms with Crippen LogP contribution in [0.2, 0.25) is 5.02 Å². The normalized spacial score (nSPS) is 10.9. The van der Waals surface area contributed by atoms with E-state index < -0.39 is 0 Å². The number of H-pyrrole nitrogens is 1. The molecule has 3 nitrogen and oxygen atoms in total. The minimum Gasteiger partial charge on any atom is -0.331 e. The Kier molecular flexibility index (Phi) is 3.20. The molecule has 3 rings (SSSR count). The van der Waals surface area contributed by atoms with Crippen LogP contribution in [0.1, 0.15) is 5.56 Å². The molecule has 2 aromatic carbocycles. The van der Waals surface area contributed by atoms with E-state index in [0.29, 0.717) is 20.7 Å². The minimum atomic E-state index is -0.170. The second kappa shape index (κ2) is 4.89. The molecular formula is C15H11ClN2OS. The predicted molar refractivity (Wildman–Crippen MR) is 84.5 cm³/mol. The quantitative estimate of drug-likeness (QED) is 0.690. The summed E-state index contributed by atoms with van der Waals surface area (Å²) in [5.41, 5.74) is 2.33. The molecule has 20 heavy (non-hydrogen) atoms. The first kappa shape index (κ1) is 13.1. The molecule has 0 radical (unpaired) electrons. The van der Waals surface area contributed by atoms with Crippen LogP contribution in [0.3, 0.4) is 0 Å². The maximum absolute atomic E-state index is 12.6. The summed E-state index contributed by atoms with van der Waals surface area (Å²) in [6, 6.07) is 12.8. The van der Waals surface area contributed by atoms with Crippen LogP contribution in [0.4, 0.5) is 0 Å². The van der Waals surface area contributed by atoms with Crippen molar-refractivity contribution >= 4 is 34.7 Å². The van der Waals surface area contributed by atoms with Crippen molar-refractivity contribution in [2.75, 3.05) is 0 Å². The molecule has 5 heteroatoms. The second-order valence-corrected chi connectivity index (χ2v) is 5.42. The van der Waals surface area contributed by atoms with Gasteiger partial charge in [-0.1, -0.05) is 23.7 Å². The van der Waals surface area contributed by atoms with Crippen LogP contribution < -0.4 is 5.56 Å². The van der Waals surface area contributed by atoms with Gasteiger partial charge in [-0.05, 0) is 55.0 Å². The molecule has 0 saturated carbocycles. The fraction of sp³-hybridized carbons (Fsp3) is 0.0667. The zero-order chi connectivity index (χ0) is 14.3. The van der Waals surface area contributed by atoms with Gasteiger partial charge >= 0.3 is 0 Å². The highest BCUT2D eigenvalue weighted by Crippen LogP contribution is 2.16. The van der Waals surface area contributed by atoms with E-state index >= 15 is 0 Å². The molecule has 1 heterocycles. The Balaban J connectivity index is 2.42. The number of benzene rings is 2. The minimum absolute atomic E-state index is 0.170. The van der Waals surface area contributed by atoms with Crippen LogP contribution >= 0.6 is 23.8 Å². The van der Waals surface area contributed by atoms with Crippen LogP contribution in [0.5, 0.6) is 0 Å². The van der Waals surface area contributed by atoms with E-state index in [1.807, 2.05) is 31.2 Å². The van der Waals surface area contributed by atoms with E-state index in [-0.39, 0.29) is 5.56 Å². The van der Waals surface area contributed by atoms with Gasteiger partial charge in [-0.25, -0.2) is 0 Å². The summed E-state index contributed by atoms with van der Waals surface area (Å²) >= 11 is 11.3. The number of nitrogens with one attached hydrogen (secondary N) is 1. The molecule has 1 aromatic heterocycles. The van der Waals surface area contributed by atoms with Gasteiger partial charge < -0.3 is 4.98 Å². The molecule has 0 amide bonds. The van der Waals surface area contributed by atoms with Crippen molar-refractivity contribution in [3.8, 4) is 5.69 Å². The Morgan fingerprint density at radius 3 is 2.75 bits per heavy atom. The van der Waals surface area contributed by atoms with Crippen LogP contribution in [-0.4, -0.2) is 9.55 Å². The summed E-state index contributed by atoms with van der Waals surface area (Å²) in [7, 11) is 0. The Morgan fingerprint density at radius 1 is 1.20 bits per heavy atom. The summed E-state index contributed by atoms with van der Waals surface area (Å²) in [6.07, 6.45) is 0. The highest BCUT2D eigenvalue weighted by molar-refractivity contribution is 7.71. The number of aryl methyl sites for hydroxylation is 1. The van der Waals surface area contributed by atoms with Crippen LogP contribution in [0, 0.1) is 11.7 Å². The first-order chi connectivity index (χ1) is 9.56. The molecule has 100 valence electrons. The second-order valence-electron chi connectivity index (χ2n) is 4.60. The van der Waals surface area contributed by atoms with Crippen molar-refractivity contribution in [1.82, 2.24) is 9.55 Å². The van der Waals surface area contributed by atoms with Gasteiger partial charge in [0.25, 0.3) is 5.56 Å². The van der Waals surface area contributed by atoms with Crippen LogP contribution in [-0.2, 0) is 0 Å². The molecule has 0 spiro atoms. The van der Waals surface area contributed by atoms with Gasteiger partial charge in [0.2, 0.25) is 0 Å². The maximum atomic E-state index is 12.6. The predicted octanol–water partition coefficient (Wildman–Crippen LogP) is 4.01. The standard InChI is InChI=1S/C15H11ClN2OS/c1-9-3-2-4-11(7-9)18-14(19)12-8-10(16)5-6-13(12)17-15(18)20/h2-8H,1H3,(H,17,20). The van der Waals surface area contributed by atoms with E-state index in [4.69, 9.17) is 23.8 Å². The fourth-order valence-corrected chi connectivity index (χ4v) is 2.66. The monoisotopic (exact) mass is 302 g/mol. The van der Waals surface area contributed by atoms with Crippen molar-refractivity contribution in [2.45, 2.75) is 6.92 Å². The Hall–Kier alpha value is -1.91. The van der Waals surface area contributed by atoms with Gasteiger partial charge in [0.05, 0.1) is 16.6 Å². The van der Waals surface area contributed by atoms with Gasteiger partial charge in [-0.2, -0.15) is 0 Å². The average Bonchev–Trinajstić information content (AvgIpc) is 2.40. The fourth-order valence-electron chi connectivity index (χ4n) is 2.19. The Labute approximate surface area is 125 Å². The maximum Gasteiger partial charge on any atom is 0.266 e. The van der Waals surface area contributed by atoms with E-state index in [0.717, 1.165) is 11.3 Å². The lowest BCUT2D eigenvalue weighted by Gasteiger charge is -2.09.